The van der Waals surface area contributed by atoms with Crippen molar-refractivity contribution in [1.82, 2.24) is 4.98 Å². The second-order valence-electron chi connectivity index (χ2n) is 3.92. The van der Waals surface area contributed by atoms with Crippen LogP contribution in [0.3, 0.4) is 0 Å². The minimum absolute atomic E-state index is 0.326. The number of aromatic nitrogens is 1. The number of esters is 1. The summed E-state index contributed by atoms with van der Waals surface area (Å²) in [7, 11) is 0. The highest BCUT2D eigenvalue weighted by molar-refractivity contribution is 9.11. The summed E-state index contributed by atoms with van der Waals surface area (Å²) in [6.45, 7) is 3.02. The fourth-order valence-corrected chi connectivity index (χ4v) is 2.63. The molecule has 2 rings (SSSR count). The molecule has 0 unspecified atom stereocenters. The lowest BCUT2D eigenvalue weighted by molar-refractivity contribution is -0.119. The standard InChI is InChI=1S/C12H11BrN2O4S/c1-6-3-8(7(2)19-6)11(17)18-5-10(16)15-12-14-4-9(13)20-12/h3-4H,5H2,1-2H3,(H,14,15,16). The van der Waals surface area contributed by atoms with Crippen LogP contribution in [0, 0.1) is 13.8 Å². The van der Waals surface area contributed by atoms with E-state index < -0.39 is 11.9 Å². The quantitative estimate of drug-likeness (QED) is 0.849. The molecule has 2 heterocycles. The van der Waals surface area contributed by atoms with E-state index in [0.717, 1.165) is 3.79 Å². The van der Waals surface area contributed by atoms with Crippen LogP contribution in [0.5, 0.6) is 0 Å². The summed E-state index contributed by atoms with van der Waals surface area (Å²) in [5, 5.41) is 2.97. The van der Waals surface area contributed by atoms with E-state index in [4.69, 9.17) is 9.15 Å². The SMILES string of the molecule is Cc1cc(C(=O)OCC(=O)Nc2ncc(Br)s2)c(C)o1. The maximum atomic E-state index is 11.8. The van der Waals surface area contributed by atoms with Crippen molar-refractivity contribution in [2.75, 3.05) is 11.9 Å². The number of nitrogens with zero attached hydrogens (tertiary/aromatic N) is 1. The van der Waals surface area contributed by atoms with Gasteiger partial charge in [0.25, 0.3) is 5.91 Å². The van der Waals surface area contributed by atoms with Crippen LogP contribution in [0.2, 0.25) is 0 Å². The van der Waals surface area contributed by atoms with Crippen LogP contribution in [-0.4, -0.2) is 23.5 Å². The van der Waals surface area contributed by atoms with Gasteiger partial charge in [-0.3, -0.25) is 10.1 Å². The Kier molecular flexibility index (Phi) is 4.56. The van der Waals surface area contributed by atoms with Crippen LogP contribution < -0.4 is 5.32 Å². The normalized spacial score (nSPS) is 10.3. The van der Waals surface area contributed by atoms with Gasteiger partial charge in [-0.15, -0.1) is 0 Å². The largest absolute Gasteiger partial charge is 0.466 e. The minimum atomic E-state index is -0.588. The third-order valence-electron chi connectivity index (χ3n) is 2.32. The third kappa shape index (κ3) is 3.67. The molecule has 0 aromatic carbocycles. The Morgan fingerprint density at radius 1 is 1.50 bits per heavy atom. The maximum Gasteiger partial charge on any atom is 0.342 e. The van der Waals surface area contributed by atoms with Crippen molar-refractivity contribution in [3.05, 3.63) is 33.1 Å². The fourth-order valence-electron chi connectivity index (χ4n) is 1.51. The molecule has 0 aliphatic carbocycles. The van der Waals surface area contributed by atoms with Crippen LogP contribution in [0.1, 0.15) is 21.9 Å². The number of rotatable bonds is 4. The van der Waals surface area contributed by atoms with Crippen molar-refractivity contribution in [3.63, 3.8) is 0 Å². The van der Waals surface area contributed by atoms with Crippen molar-refractivity contribution in [2.24, 2.45) is 0 Å². The lowest BCUT2D eigenvalue weighted by Gasteiger charge is -2.03. The third-order valence-corrected chi connectivity index (χ3v) is 3.71. The van der Waals surface area contributed by atoms with Gasteiger partial charge in [0, 0.05) is 0 Å². The number of anilines is 1. The van der Waals surface area contributed by atoms with E-state index in [1.54, 1.807) is 26.1 Å². The lowest BCUT2D eigenvalue weighted by Crippen LogP contribution is -2.20. The van der Waals surface area contributed by atoms with Gasteiger partial charge in [0.05, 0.1) is 9.98 Å². The summed E-state index contributed by atoms with van der Waals surface area (Å²) in [5.74, 6) is 0.0520. The number of carbonyl (C=O) groups excluding carboxylic acids is 2. The highest BCUT2D eigenvalue weighted by atomic mass is 79.9. The first-order valence-electron chi connectivity index (χ1n) is 5.61. The molecule has 0 radical (unpaired) electrons. The molecule has 1 amide bonds. The van der Waals surface area contributed by atoms with Crippen molar-refractivity contribution in [1.29, 1.82) is 0 Å². The smallest absolute Gasteiger partial charge is 0.342 e. The average Bonchev–Trinajstić information content (AvgIpc) is 2.92. The number of hydrogen-bond acceptors (Lipinski definition) is 6. The van der Waals surface area contributed by atoms with Crippen LogP contribution in [0.15, 0.2) is 20.5 Å². The number of halogens is 1. The molecule has 0 fully saturated rings. The van der Waals surface area contributed by atoms with Crippen molar-refractivity contribution < 1.29 is 18.7 Å². The molecule has 0 saturated carbocycles. The van der Waals surface area contributed by atoms with Crippen LogP contribution in [0.4, 0.5) is 5.13 Å². The Morgan fingerprint density at radius 2 is 2.25 bits per heavy atom. The molecule has 1 N–H and O–H groups in total. The second-order valence-corrected chi connectivity index (χ2v) is 6.33. The van der Waals surface area contributed by atoms with Gasteiger partial charge in [0.15, 0.2) is 11.7 Å². The summed E-state index contributed by atoms with van der Waals surface area (Å²) in [5.41, 5.74) is 0.326. The molecule has 0 saturated heterocycles. The first kappa shape index (κ1) is 14.7. The van der Waals surface area contributed by atoms with Crippen molar-refractivity contribution in [3.8, 4) is 0 Å². The first-order valence-corrected chi connectivity index (χ1v) is 7.22. The number of furan rings is 1. The van der Waals surface area contributed by atoms with Crippen LogP contribution in [-0.2, 0) is 9.53 Å². The maximum absolute atomic E-state index is 11.8. The molecule has 2 aromatic heterocycles. The highest BCUT2D eigenvalue weighted by Crippen LogP contribution is 2.23. The molecule has 106 valence electrons. The van der Waals surface area contributed by atoms with Crippen LogP contribution >= 0.6 is 27.3 Å². The summed E-state index contributed by atoms with van der Waals surface area (Å²) in [4.78, 5) is 27.3. The first-order chi connectivity index (χ1) is 9.45. The predicted molar refractivity (Wildman–Crippen MR) is 76.9 cm³/mol. The zero-order valence-corrected chi connectivity index (χ0v) is 13.1. The summed E-state index contributed by atoms with van der Waals surface area (Å²) in [6, 6.07) is 1.58. The van der Waals surface area contributed by atoms with E-state index in [1.165, 1.54) is 11.3 Å². The molecular formula is C12H11BrN2O4S. The van der Waals surface area contributed by atoms with Gasteiger partial charge in [-0.1, -0.05) is 11.3 Å². The van der Waals surface area contributed by atoms with Gasteiger partial charge in [-0.2, -0.15) is 0 Å². The Morgan fingerprint density at radius 3 is 2.80 bits per heavy atom. The van der Waals surface area contributed by atoms with E-state index in [0.29, 0.717) is 22.2 Å². The number of aryl methyl sites for hydroxylation is 2. The molecule has 2 aromatic rings. The molecule has 0 bridgehead atoms. The van der Waals surface area contributed by atoms with E-state index in [-0.39, 0.29) is 6.61 Å². The predicted octanol–water partition coefficient (Wildman–Crippen LogP) is 2.91. The van der Waals surface area contributed by atoms with Gasteiger partial charge in [0.2, 0.25) is 0 Å². The molecule has 8 heteroatoms. The summed E-state index contributed by atoms with van der Waals surface area (Å²) >= 11 is 4.50. The van der Waals surface area contributed by atoms with E-state index >= 15 is 0 Å². The zero-order chi connectivity index (χ0) is 14.7. The van der Waals surface area contributed by atoms with Crippen molar-refractivity contribution >= 4 is 44.3 Å². The number of ether oxygens (including phenoxy) is 1. The lowest BCUT2D eigenvalue weighted by atomic mass is 10.2. The number of thiazole rings is 1. The van der Waals surface area contributed by atoms with E-state index in [2.05, 4.69) is 26.2 Å². The van der Waals surface area contributed by atoms with Gasteiger partial charge >= 0.3 is 5.97 Å². The molecule has 0 atom stereocenters. The Balaban J connectivity index is 1.87. The van der Waals surface area contributed by atoms with Crippen LogP contribution in [0.25, 0.3) is 0 Å². The Labute approximate surface area is 127 Å². The van der Waals surface area contributed by atoms with E-state index in [1.807, 2.05) is 0 Å². The fraction of sp³-hybridized carbons (Fsp3) is 0.250. The Hall–Kier alpha value is -1.67. The second kappa shape index (κ2) is 6.19. The summed E-state index contributed by atoms with van der Waals surface area (Å²) < 4.78 is 10.9. The molecule has 0 spiro atoms. The highest BCUT2D eigenvalue weighted by Gasteiger charge is 2.16. The minimum Gasteiger partial charge on any atom is -0.466 e. The van der Waals surface area contributed by atoms with E-state index in [9.17, 15) is 9.59 Å². The van der Waals surface area contributed by atoms with Gasteiger partial charge < -0.3 is 9.15 Å². The monoisotopic (exact) mass is 358 g/mol. The summed E-state index contributed by atoms with van der Waals surface area (Å²) in [6.07, 6.45) is 1.57. The Bertz CT molecular complexity index is 650. The molecule has 0 aliphatic heterocycles. The van der Waals surface area contributed by atoms with Gasteiger partial charge in [-0.25, -0.2) is 9.78 Å². The molecular weight excluding hydrogens is 348 g/mol. The number of amides is 1. The average molecular weight is 359 g/mol. The number of nitrogens with one attached hydrogen (secondary N) is 1. The topological polar surface area (TPSA) is 81.4 Å². The number of hydrogen-bond donors (Lipinski definition) is 1. The number of carbonyl (C=O) groups is 2. The molecule has 0 aliphatic rings. The van der Waals surface area contributed by atoms with Gasteiger partial charge in [0.1, 0.15) is 17.1 Å². The molecule has 6 nitrogen and oxygen atoms in total. The van der Waals surface area contributed by atoms with Crippen molar-refractivity contribution in [2.45, 2.75) is 13.8 Å². The van der Waals surface area contributed by atoms with Gasteiger partial charge in [-0.05, 0) is 35.8 Å². The molecule has 20 heavy (non-hydrogen) atoms. The zero-order valence-electron chi connectivity index (χ0n) is 10.7.